The maximum absolute atomic E-state index is 12.3. The predicted octanol–water partition coefficient (Wildman–Crippen LogP) is 2.36. The van der Waals surface area contributed by atoms with Gasteiger partial charge in [0, 0.05) is 44.0 Å². The Labute approximate surface area is 149 Å². The Bertz CT molecular complexity index is 712. The van der Waals surface area contributed by atoms with Crippen LogP contribution in [0.15, 0.2) is 36.5 Å². The molecule has 0 unspecified atom stereocenters. The summed E-state index contributed by atoms with van der Waals surface area (Å²) in [4.78, 5) is 14.7. The number of rotatable bonds is 5. The highest BCUT2D eigenvalue weighted by Gasteiger charge is 2.24. The van der Waals surface area contributed by atoms with Crippen LogP contribution in [-0.2, 0) is 13.6 Å². The fraction of sp³-hybridized carbons (Fsp3) is 0.474. The van der Waals surface area contributed by atoms with E-state index in [-0.39, 0.29) is 18.1 Å². The lowest BCUT2D eigenvalue weighted by Gasteiger charge is -2.19. The Morgan fingerprint density at radius 1 is 1.36 bits per heavy atom. The van der Waals surface area contributed by atoms with Gasteiger partial charge in [-0.1, -0.05) is 30.3 Å². The molecule has 2 aromatic rings. The topological polar surface area (TPSA) is 62.2 Å². The van der Waals surface area contributed by atoms with Crippen molar-refractivity contribution in [2.24, 2.45) is 7.05 Å². The van der Waals surface area contributed by atoms with Gasteiger partial charge in [-0.15, -0.1) is 0 Å². The molecule has 2 heterocycles. The number of carbonyl (C=O) groups excluding carboxylic acids is 1. The largest absolute Gasteiger partial charge is 0.334 e. The van der Waals surface area contributed by atoms with E-state index in [1.807, 2.05) is 37.8 Å². The number of carbonyl (C=O) groups is 1. The maximum atomic E-state index is 12.3. The number of aryl methyl sites for hydroxylation is 1. The van der Waals surface area contributed by atoms with Crippen molar-refractivity contribution in [3.63, 3.8) is 0 Å². The minimum atomic E-state index is -0.109. The zero-order chi connectivity index (χ0) is 17.8. The van der Waals surface area contributed by atoms with Gasteiger partial charge in [0.1, 0.15) is 0 Å². The first-order valence-electron chi connectivity index (χ1n) is 8.84. The van der Waals surface area contributed by atoms with E-state index >= 15 is 0 Å². The van der Waals surface area contributed by atoms with E-state index in [4.69, 9.17) is 0 Å². The lowest BCUT2D eigenvalue weighted by Crippen LogP contribution is -2.44. The van der Waals surface area contributed by atoms with Gasteiger partial charge < -0.3 is 10.6 Å². The minimum absolute atomic E-state index is 0.0597. The Kier molecular flexibility index (Phi) is 5.38. The minimum Gasteiger partial charge on any atom is -0.334 e. The molecule has 0 bridgehead atoms. The maximum Gasteiger partial charge on any atom is 0.315 e. The summed E-state index contributed by atoms with van der Waals surface area (Å²) in [6, 6.07) is 10.5. The number of urea groups is 1. The van der Waals surface area contributed by atoms with Crippen LogP contribution in [0, 0.1) is 6.92 Å². The highest BCUT2D eigenvalue weighted by molar-refractivity contribution is 5.74. The molecule has 0 spiro atoms. The average molecular weight is 341 g/mol. The molecule has 2 amide bonds. The van der Waals surface area contributed by atoms with Gasteiger partial charge in [-0.2, -0.15) is 5.10 Å². The molecule has 1 aromatic carbocycles. The molecule has 2 atom stereocenters. The van der Waals surface area contributed by atoms with Gasteiger partial charge in [-0.25, -0.2) is 4.79 Å². The van der Waals surface area contributed by atoms with Crippen LogP contribution in [-0.4, -0.2) is 39.8 Å². The van der Waals surface area contributed by atoms with Gasteiger partial charge in [0.2, 0.25) is 0 Å². The predicted molar refractivity (Wildman–Crippen MR) is 98.2 cm³/mol. The molecule has 1 saturated heterocycles. The Morgan fingerprint density at radius 3 is 2.80 bits per heavy atom. The molecular formula is C19H27N5O. The van der Waals surface area contributed by atoms with E-state index < -0.39 is 0 Å². The van der Waals surface area contributed by atoms with E-state index in [2.05, 4.69) is 44.9 Å². The zero-order valence-electron chi connectivity index (χ0n) is 15.2. The van der Waals surface area contributed by atoms with E-state index in [1.165, 1.54) is 5.56 Å². The summed E-state index contributed by atoms with van der Waals surface area (Å²) in [5.41, 5.74) is 3.44. The SMILES string of the molecule is Cc1c([C@H](C)NC(=O)N[C@H]2CCN(Cc3ccccc3)C2)cnn1C. The molecule has 6 heteroatoms. The van der Waals surface area contributed by atoms with E-state index in [1.54, 1.807) is 0 Å². The Hall–Kier alpha value is -2.34. The van der Waals surface area contributed by atoms with Crippen molar-refractivity contribution in [1.29, 1.82) is 0 Å². The van der Waals surface area contributed by atoms with Crippen molar-refractivity contribution < 1.29 is 4.79 Å². The van der Waals surface area contributed by atoms with Crippen LogP contribution in [0.25, 0.3) is 0 Å². The molecule has 0 radical (unpaired) electrons. The van der Waals surface area contributed by atoms with E-state index in [0.29, 0.717) is 0 Å². The number of likely N-dealkylation sites (tertiary alicyclic amines) is 1. The van der Waals surface area contributed by atoms with Gasteiger partial charge in [0.15, 0.2) is 0 Å². The van der Waals surface area contributed by atoms with Crippen molar-refractivity contribution in [3.05, 3.63) is 53.3 Å². The smallest absolute Gasteiger partial charge is 0.315 e. The molecule has 134 valence electrons. The number of benzene rings is 1. The number of nitrogens with one attached hydrogen (secondary N) is 2. The summed E-state index contributed by atoms with van der Waals surface area (Å²) in [6.45, 7) is 6.84. The van der Waals surface area contributed by atoms with E-state index in [9.17, 15) is 4.79 Å². The summed E-state index contributed by atoms with van der Waals surface area (Å²) in [5, 5.41) is 10.4. The van der Waals surface area contributed by atoms with Crippen molar-refractivity contribution in [2.45, 2.75) is 38.9 Å². The van der Waals surface area contributed by atoms with E-state index in [0.717, 1.165) is 37.3 Å². The lowest BCUT2D eigenvalue weighted by atomic mass is 10.1. The molecule has 25 heavy (non-hydrogen) atoms. The third-order valence-electron chi connectivity index (χ3n) is 4.94. The first-order valence-corrected chi connectivity index (χ1v) is 8.84. The van der Waals surface area contributed by atoms with Gasteiger partial charge >= 0.3 is 6.03 Å². The average Bonchev–Trinajstić information content (AvgIpc) is 3.15. The van der Waals surface area contributed by atoms with Crippen molar-refractivity contribution in [1.82, 2.24) is 25.3 Å². The van der Waals surface area contributed by atoms with Crippen molar-refractivity contribution >= 4 is 6.03 Å². The Morgan fingerprint density at radius 2 is 2.12 bits per heavy atom. The highest BCUT2D eigenvalue weighted by Crippen LogP contribution is 2.16. The first-order chi connectivity index (χ1) is 12.0. The van der Waals surface area contributed by atoms with Crippen LogP contribution in [0.3, 0.4) is 0 Å². The molecule has 0 aliphatic carbocycles. The Balaban J connectivity index is 1.46. The third-order valence-corrected chi connectivity index (χ3v) is 4.94. The highest BCUT2D eigenvalue weighted by atomic mass is 16.2. The quantitative estimate of drug-likeness (QED) is 0.878. The first kappa shape index (κ1) is 17.5. The molecule has 1 fully saturated rings. The summed E-state index contributed by atoms with van der Waals surface area (Å²) in [7, 11) is 1.91. The fourth-order valence-corrected chi connectivity index (χ4v) is 3.38. The number of hydrogen-bond acceptors (Lipinski definition) is 3. The van der Waals surface area contributed by atoms with Crippen LogP contribution in [0.4, 0.5) is 4.79 Å². The second-order valence-corrected chi connectivity index (χ2v) is 6.85. The number of amides is 2. The van der Waals surface area contributed by atoms with Crippen LogP contribution in [0.5, 0.6) is 0 Å². The molecule has 2 N–H and O–H groups in total. The molecule has 1 aliphatic rings. The molecule has 0 saturated carbocycles. The monoisotopic (exact) mass is 341 g/mol. The van der Waals surface area contributed by atoms with Crippen LogP contribution in [0.1, 0.15) is 36.2 Å². The van der Waals surface area contributed by atoms with Crippen LogP contribution >= 0.6 is 0 Å². The van der Waals surface area contributed by atoms with Gasteiger partial charge in [0.05, 0.1) is 12.2 Å². The van der Waals surface area contributed by atoms with Gasteiger partial charge in [-0.3, -0.25) is 9.58 Å². The zero-order valence-corrected chi connectivity index (χ0v) is 15.2. The van der Waals surface area contributed by atoms with Crippen molar-refractivity contribution in [2.75, 3.05) is 13.1 Å². The molecule has 1 aliphatic heterocycles. The number of nitrogens with zero attached hydrogens (tertiary/aromatic N) is 3. The van der Waals surface area contributed by atoms with Crippen LogP contribution < -0.4 is 10.6 Å². The lowest BCUT2D eigenvalue weighted by molar-refractivity contribution is 0.233. The van der Waals surface area contributed by atoms with Crippen molar-refractivity contribution in [3.8, 4) is 0 Å². The fourth-order valence-electron chi connectivity index (χ4n) is 3.38. The summed E-state index contributed by atoms with van der Waals surface area (Å²) < 4.78 is 1.82. The number of aromatic nitrogens is 2. The molecular weight excluding hydrogens is 314 g/mol. The molecule has 3 rings (SSSR count). The number of hydrogen-bond donors (Lipinski definition) is 2. The van der Waals surface area contributed by atoms with Gasteiger partial charge in [-0.05, 0) is 25.8 Å². The second-order valence-electron chi connectivity index (χ2n) is 6.85. The summed E-state index contributed by atoms with van der Waals surface area (Å²) in [6.07, 6.45) is 2.80. The summed E-state index contributed by atoms with van der Waals surface area (Å²) >= 11 is 0. The van der Waals surface area contributed by atoms with Gasteiger partial charge in [0.25, 0.3) is 0 Å². The summed E-state index contributed by atoms with van der Waals surface area (Å²) in [5.74, 6) is 0. The molecule has 6 nitrogen and oxygen atoms in total. The second kappa shape index (κ2) is 7.70. The van der Waals surface area contributed by atoms with Crippen LogP contribution in [0.2, 0.25) is 0 Å². The standard InChI is InChI=1S/C19H27N5O/c1-14(18-11-20-23(3)15(18)2)21-19(25)22-17-9-10-24(13-17)12-16-7-5-4-6-8-16/h4-8,11,14,17H,9-10,12-13H2,1-3H3,(H2,21,22,25)/t14-,17-/m0/s1. The molecule has 1 aromatic heterocycles. The third kappa shape index (κ3) is 4.39. The normalized spacial score (nSPS) is 18.9.